The fourth-order valence-corrected chi connectivity index (χ4v) is 1.61. The van der Waals surface area contributed by atoms with Gasteiger partial charge in [-0.05, 0) is 19.3 Å². The van der Waals surface area contributed by atoms with Gasteiger partial charge in [-0.1, -0.05) is 0 Å². The number of aromatic amines is 1. The lowest BCUT2D eigenvalue weighted by Gasteiger charge is -2.40. The van der Waals surface area contributed by atoms with Crippen molar-refractivity contribution < 1.29 is 9.90 Å². The Kier molecular flexibility index (Phi) is 2.25. The predicted octanol–water partition coefficient (Wildman–Crippen LogP) is 0.0545. The van der Waals surface area contributed by atoms with Crippen LogP contribution >= 0.6 is 0 Å². The number of rotatable bonds is 3. The van der Waals surface area contributed by atoms with Crippen LogP contribution in [0.3, 0.4) is 0 Å². The summed E-state index contributed by atoms with van der Waals surface area (Å²) in [7, 11) is 0. The molecular weight excluding hydrogens is 182 g/mol. The zero-order valence-electron chi connectivity index (χ0n) is 7.79. The Morgan fingerprint density at radius 2 is 2.50 bits per heavy atom. The van der Waals surface area contributed by atoms with Crippen molar-refractivity contribution in [3.05, 3.63) is 18.0 Å². The van der Waals surface area contributed by atoms with E-state index in [1.165, 1.54) is 6.20 Å². The maximum atomic E-state index is 11.6. The molecule has 1 aliphatic rings. The van der Waals surface area contributed by atoms with Crippen molar-refractivity contribution in [2.24, 2.45) is 0 Å². The van der Waals surface area contributed by atoms with E-state index < -0.39 is 0 Å². The molecule has 0 radical (unpaired) electrons. The lowest BCUT2D eigenvalue weighted by molar-refractivity contribution is 0.0642. The van der Waals surface area contributed by atoms with Crippen molar-refractivity contribution in [2.75, 3.05) is 6.61 Å². The van der Waals surface area contributed by atoms with E-state index in [0.717, 1.165) is 19.3 Å². The maximum Gasteiger partial charge on any atom is 0.254 e. The van der Waals surface area contributed by atoms with E-state index in [9.17, 15) is 4.79 Å². The van der Waals surface area contributed by atoms with Crippen LogP contribution in [-0.2, 0) is 0 Å². The van der Waals surface area contributed by atoms with Crippen LogP contribution in [0.4, 0.5) is 0 Å². The highest BCUT2D eigenvalue weighted by Crippen LogP contribution is 2.31. The summed E-state index contributed by atoms with van der Waals surface area (Å²) in [4.78, 5) is 11.6. The molecule has 1 aromatic heterocycles. The number of carbonyl (C=O) groups is 1. The van der Waals surface area contributed by atoms with Gasteiger partial charge in [0, 0.05) is 6.20 Å². The van der Waals surface area contributed by atoms with Gasteiger partial charge in [0.2, 0.25) is 0 Å². The van der Waals surface area contributed by atoms with Gasteiger partial charge in [-0.3, -0.25) is 9.89 Å². The van der Waals surface area contributed by atoms with E-state index >= 15 is 0 Å². The van der Waals surface area contributed by atoms with Gasteiger partial charge >= 0.3 is 0 Å². The highest BCUT2D eigenvalue weighted by molar-refractivity contribution is 5.94. The number of aliphatic hydroxyl groups excluding tert-OH is 1. The number of hydrogen-bond donors (Lipinski definition) is 3. The summed E-state index contributed by atoms with van der Waals surface area (Å²) in [6.07, 6.45) is 5.78. The van der Waals surface area contributed by atoms with Gasteiger partial charge in [0.15, 0.2) is 0 Å². The summed E-state index contributed by atoms with van der Waals surface area (Å²) in [5.41, 5.74) is 0.124. The third-order valence-electron chi connectivity index (χ3n) is 2.75. The van der Waals surface area contributed by atoms with Crippen LogP contribution in [0.2, 0.25) is 0 Å². The number of nitrogens with zero attached hydrogens (tertiary/aromatic N) is 1. The molecule has 0 spiro atoms. The zero-order chi connectivity index (χ0) is 10.0. The molecule has 0 saturated heterocycles. The first-order chi connectivity index (χ1) is 6.76. The van der Waals surface area contributed by atoms with Gasteiger partial charge in [-0.2, -0.15) is 5.10 Å². The first-order valence-electron chi connectivity index (χ1n) is 4.68. The van der Waals surface area contributed by atoms with E-state index in [-0.39, 0.29) is 18.1 Å². The van der Waals surface area contributed by atoms with E-state index in [2.05, 4.69) is 15.5 Å². The molecule has 0 atom stereocenters. The van der Waals surface area contributed by atoms with Crippen molar-refractivity contribution in [1.29, 1.82) is 0 Å². The number of aromatic nitrogens is 2. The molecule has 1 amide bonds. The second-order valence-electron chi connectivity index (χ2n) is 3.73. The molecule has 1 fully saturated rings. The van der Waals surface area contributed by atoms with Crippen molar-refractivity contribution in [3.8, 4) is 0 Å². The van der Waals surface area contributed by atoms with Crippen molar-refractivity contribution >= 4 is 5.91 Å². The van der Waals surface area contributed by atoms with Gasteiger partial charge in [-0.15, -0.1) is 0 Å². The number of H-pyrrole nitrogens is 1. The van der Waals surface area contributed by atoms with Crippen molar-refractivity contribution in [3.63, 3.8) is 0 Å². The lowest BCUT2D eigenvalue weighted by atomic mass is 9.77. The maximum absolute atomic E-state index is 11.6. The first-order valence-corrected chi connectivity index (χ1v) is 4.68. The summed E-state index contributed by atoms with van der Waals surface area (Å²) in [5.74, 6) is -0.174. The molecule has 1 aliphatic carbocycles. The average molecular weight is 195 g/mol. The van der Waals surface area contributed by atoms with Gasteiger partial charge in [0.05, 0.1) is 23.9 Å². The van der Waals surface area contributed by atoms with Gasteiger partial charge in [0.25, 0.3) is 5.91 Å². The van der Waals surface area contributed by atoms with Gasteiger partial charge in [0.1, 0.15) is 0 Å². The Labute approximate surface area is 81.5 Å². The molecule has 0 unspecified atom stereocenters. The molecule has 14 heavy (non-hydrogen) atoms. The number of hydrogen-bond acceptors (Lipinski definition) is 3. The number of aliphatic hydroxyl groups is 1. The van der Waals surface area contributed by atoms with E-state index in [1.54, 1.807) is 6.20 Å². The third-order valence-corrected chi connectivity index (χ3v) is 2.75. The van der Waals surface area contributed by atoms with E-state index in [1.807, 2.05) is 0 Å². The Hall–Kier alpha value is -1.36. The minimum Gasteiger partial charge on any atom is -0.394 e. The zero-order valence-corrected chi connectivity index (χ0v) is 7.79. The van der Waals surface area contributed by atoms with Crippen LogP contribution in [0.1, 0.15) is 29.6 Å². The molecule has 5 heteroatoms. The number of nitrogens with one attached hydrogen (secondary N) is 2. The molecule has 0 aromatic carbocycles. The highest BCUT2D eigenvalue weighted by atomic mass is 16.3. The molecule has 2 rings (SSSR count). The minimum absolute atomic E-state index is 0.0105. The summed E-state index contributed by atoms with van der Waals surface area (Å²) in [6.45, 7) is 0.0105. The SMILES string of the molecule is O=C(NC1(CO)CCC1)c1cn[nH]c1. The van der Waals surface area contributed by atoms with Crippen molar-refractivity contribution in [2.45, 2.75) is 24.8 Å². The molecule has 1 aromatic rings. The third kappa shape index (κ3) is 1.50. The van der Waals surface area contributed by atoms with Gasteiger partial charge in [-0.25, -0.2) is 0 Å². The Bertz CT molecular complexity index is 311. The topological polar surface area (TPSA) is 78.0 Å². The minimum atomic E-state index is -0.381. The summed E-state index contributed by atoms with van der Waals surface area (Å²) < 4.78 is 0. The first kappa shape index (κ1) is 9.21. The smallest absolute Gasteiger partial charge is 0.254 e. The number of carbonyl (C=O) groups excluding carboxylic acids is 1. The number of amides is 1. The van der Waals surface area contributed by atoms with Crippen LogP contribution in [0.5, 0.6) is 0 Å². The largest absolute Gasteiger partial charge is 0.394 e. The molecule has 1 saturated carbocycles. The fraction of sp³-hybridized carbons (Fsp3) is 0.556. The molecule has 1 heterocycles. The molecule has 0 aliphatic heterocycles. The Morgan fingerprint density at radius 3 is 2.93 bits per heavy atom. The molecule has 76 valence electrons. The van der Waals surface area contributed by atoms with Crippen LogP contribution in [0, 0.1) is 0 Å². The van der Waals surface area contributed by atoms with Crippen molar-refractivity contribution in [1.82, 2.24) is 15.5 Å². The molecule has 3 N–H and O–H groups in total. The second kappa shape index (κ2) is 3.42. The summed E-state index contributed by atoms with van der Waals surface area (Å²) in [5, 5.41) is 18.2. The normalized spacial score (nSPS) is 18.6. The van der Waals surface area contributed by atoms with Gasteiger partial charge < -0.3 is 10.4 Å². The Balaban J connectivity index is 2.01. The molecular formula is C9H13N3O2. The van der Waals surface area contributed by atoms with Crippen LogP contribution in [0.15, 0.2) is 12.4 Å². The fourth-order valence-electron chi connectivity index (χ4n) is 1.61. The predicted molar refractivity (Wildman–Crippen MR) is 49.7 cm³/mol. The summed E-state index contributed by atoms with van der Waals surface area (Å²) in [6, 6.07) is 0. The monoisotopic (exact) mass is 195 g/mol. The highest BCUT2D eigenvalue weighted by Gasteiger charge is 2.37. The van der Waals surface area contributed by atoms with Crippen LogP contribution in [-0.4, -0.2) is 33.4 Å². The quantitative estimate of drug-likeness (QED) is 0.638. The van der Waals surface area contributed by atoms with Crippen LogP contribution < -0.4 is 5.32 Å². The molecule has 5 nitrogen and oxygen atoms in total. The average Bonchev–Trinajstić information content (AvgIpc) is 2.63. The van der Waals surface area contributed by atoms with E-state index in [0.29, 0.717) is 5.56 Å². The lowest BCUT2D eigenvalue weighted by Crippen LogP contribution is -2.56. The standard InChI is InChI=1S/C9H13N3O2/c13-6-9(2-1-3-9)12-8(14)7-4-10-11-5-7/h4-5,13H,1-3,6H2,(H,10,11)(H,12,14). The Morgan fingerprint density at radius 1 is 1.71 bits per heavy atom. The second-order valence-corrected chi connectivity index (χ2v) is 3.73. The summed E-state index contributed by atoms with van der Waals surface area (Å²) >= 11 is 0. The van der Waals surface area contributed by atoms with E-state index in [4.69, 9.17) is 5.11 Å². The molecule has 0 bridgehead atoms. The van der Waals surface area contributed by atoms with Crippen LogP contribution in [0.25, 0.3) is 0 Å².